The Kier molecular flexibility index (Phi) is 5.31. The lowest BCUT2D eigenvalue weighted by Crippen LogP contribution is -1.97. The average molecular weight is 306 g/mol. The smallest absolute Gasteiger partial charge is 0.121 e. The van der Waals surface area contributed by atoms with Gasteiger partial charge < -0.3 is 10.5 Å². The minimum absolute atomic E-state index is 0.337. The maximum absolute atomic E-state index is 6.09. The van der Waals surface area contributed by atoms with Crippen molar-refractivity contribution in [2.45, 2.75) is 6.61 Å². The zero-order valence-electron chi connectivity index (χ0n) is 10.7. The molecule has 2 N–H and O–H groups in total. The molecule has 0 bridgehead atoms. The van der Waals surface area contributed by atoms with Crippen LogP contribution < -0.4 is 10.5 Å². The van der Waals surface area contributed by atoms with Crippen molar-refractivity contribution in [2.75, 3.05) is 6.54 Å². The zero-order chi connectivity index (χ0) is 14.4. The summed E-state index contributed by atoms with van der Waals surface area (Å²) >= 11 is 12.0. The van der Waals surface area contributed by atoms with E-state index in [1.807, 2.05) is 24.3 Å². The predicted octanol–water partition coefficient (Wildman–Crippen LogP) is 3.88. The summed E-state index contributed by atoms with van der Waals surface area (Å²) in [5.41, 5.74) is 7.06. The summed E-state index contributed by atoms with van der Waals surface area (Å²) in [7, 11) is 0. The monoisotopic (exact) mass is 305 g/mol. The molecular formula is C16H13Cl2NO. The maximum atomic E-state index is 6.09. The van der Waals surface area contributed by atoms with E-state index in [2.05, 4.69) is 11.8 Å². The molecule has 0 heterocycles. The van der Waals surface area contributed by atoms with Crippen LogP contribution in [0.2, 0.25) is 10.0 Å². The Balaban J connectivity index is 2.09. The number of hydrogen-bond donors (Lipinski definition) is 1. The van der Waals surface area contributed by atoms with Crippen molar-refractivity contribution < 1.29 is 4.74 Å². The molecule has 2 aromatic rings. The molecular weight excluding hydrogens is 293 g/mol. The molecule has 0 unspecified atom stereocenters. The Morgan fingerprint density at radius 3 is 2.75 bits per heavy atom. The fourth-order valence-electron chi connectivity index (χ4n) is 1.63. The summed E-state index contributed by atoms with van der Waals surface area (Å²) in [6, 6.07) is 12.8. The van der Waals surface area contributed by atoms with Crippen molar-refractivity contribution in [3.63, 3.8) is 0 Å². The molecule has 102 valence electrons. The fraction of sp³-hybridized carbons (Fsp3) is 0.125. The number of benzene rings is 2. The van der Waals surface area contributed by atoms with Gasteiger partial charge in [-0.1, -0.05) is 41.1 Å². The largest absolute Gasteiger partial charge is 0.489 e. The van der Waals surface area contributed by atoms with Crippen molar-refractivity contribution >= 4 is 23.2 Å². The van der Waals surface area contributed by atoms with Crippen molar-refractivity contribution in [1.29, 1.82) is 0 Å². The Bertz CT molecular complexity index is 659. The quantitative estimate of drug-likeness (QED) is 0.873. The molecule has 0 atom stereocenters. The summed E-state index contributed by atoms with van der Waals surface area (Å²) in [5, 5.41) is 1.27. The highest BCUT2D eigenvalue weighted by Gasteiger charge is 2.03. The summed E-state index contributed by atoms with van der Waals surface area (Å²) in [6.07, 6.45) is 0. The highest BCUT2D eigenvalue weighted by Crippen LogP contribution is 2.22. The van der Waals surface area contributed by atoms with Gasteiger partial charge in [0.25, 0.3) is 0 Å². The number of nitrogens with two attached hydrogens (primary N) is 1. The Hall–Kier alpha value is -1.66. The standard InChI is InChI=1S/C16H13Cl2NO/c17-14-6-7-16(18)13(10-14)11-20-15-5-1-3-12(9-15)4-2-8-19/h1,3,5-7,9-10H,8,11,19H2. The molecule has 0 amide bonds. The topological polar surface area (TPSA) is 35.2 Å². The van der Waals surface area contributed by atoms with Gasteiger partial charge in [0.05, 0.1) is 6.54 Å². The zero-order valence-corrected chi connectivity index (χ0v) is 12.2. The molecule has 0 aromatic heterocycles. The van der Waals surface area contributed by atoms with Crippen molar-refractivity contribution in [3.8, 4) is 17.6 Å². The van der Waals surface area contributed by atoms with Gasteiger partial charge in [-0.3, -0.25) is 0 Å². The van der Waals surface area contributed by atoms with Gasteiger partial charge in [-0.05, 0) is 36.4 Å². The van der Waals surface area contributed by atoms with Crippen molar-refractivity contribution in [2.24, 2.45) is 5.73 Å². The molecule has 0 saturated carbocycles. The second-order valence-electron chi connectivity index (χ2n) is 4.06. The van der Waals surface area contributed by atoms with Gasteiger partial charge in [0.15, 0.2) is 0 Å². The molecule has 0 spiro atoms. The van der Waals surface area contributed by atoms with E-state index in [1.54, 1.807) is 18.2 Å². The molecule has 0 saturated heterocycles. The lowest BCUT2D eigenvalue weighted by atomic mass is 10.2. The summed E-state index contributed by atoms with van der Waals surface area (Å²) in [5.74, 6) is 6.49. The average Bonchev–Trinajstić information content (AvgIpc) is 2.46. The normalized spacial score (nSPS) is 9.75. The minimum Gasteiger partial charge on any atom is -0.489 e. The molecule has 2 nitrogen and oxygen atoms in total. The first-order valence-electron chi connectivity index (χ1n) is 6.05. The minimum atomic E-state index is 0.337. The molecule has 2 aromatic carbocycles. The van der Waals surface area contributed by atoms with E-state index >= 15 is 0 Å². The van der Waals surface area contributed by atoms with Crippen LogP contribution in [-0.2, 0) is 6.61 Å². The summed E-state index contributed by atoms with van der Waals surface area (Å²) in [6.45, 7) is 0.691. The lowest BCUT2D eigenvalue weighted by Gasteiger charge is -2.08. The number of rotatable bonds is 3. The van der Waals surface area contributed by atoms with Gasteiger partial charge in [-0.15, -0.1) is 0 Å². The molecule has 0 aliphatic rings. The second kappa shape index (κ2) is 7.21. The van der Waals surface area contributed by atoms with E-state index in [0.29, 0.717) is 23.2 Å². The van der Waals surface area contributed by atoms with Crippen LogP contribution in [0.15, 0.2) is 42.5 Å². The first kappa shape index (κ1) is 14.7. The Labute approximate surface area is 128 Å². The van der Waals surface area contributed by atoms with Crippen LogP contribution in [0.4, 0.5) is 0 Å². The third-order valence-electron chi connectivity index (χ3n) is 2.57. The Morgan fingerprint density at radius 1 is 1.10 bits per heavy atom. The van der Waals surface area contributed by atoms with Gasteiger partial charge in [0, 0.05) is 21.2 Å². The van der Waals surface area contributed by atoms with Gasteiger partial charge in [0.1, 0.15) is 12.4 Å². The van der Waals surface area contributed by atoms with E-state index in [9.17, 15) is 0 Å². The van der Waals surface area contributed by atoms with E-state index in [0.717, 1.165) is 16.9 Å². The van der Waals surface area contributed by atoms with Crippen LogP contribution in [-0.4, -0.2) is 6.54 Å². The Morgan fingerprint density at radius 2 is 1.95 bits per heavy atom. The van der Waals surface area contributed by atoms with Gasteiger partial charge in [-0.2, -0.15) is 0 Å². The van der Waals surface area contributed by atoms with Gasteiger partial charge in [-0.25, -0.2) is 0 Å². The van der Waals surface area contributed by atoms with Gasteiger partial charge >= 0.3 is 0 Å². The summed E-state index contributed by atoms with van der Waals surface area (Å²) in [4.78, 5) is 0. The molecule has 0 radical (unpaired) electrons. The highest BCUT2D eigenvalue weighted by atomic mass is 35.5. The molecule has 2 rings (SSSR count). The third kappa shape index (κ3) is 4.18. The van der Waals surface area contributed by atoms with Crippen molar-refractivity contribution in [1.82, 2.24) is 0 Å². The number of halogens is 2. The highest BCUT2D eigenvalue weighted by molar-refractivity contribution is 6.33. The van der Waals surface area contributed by atoms with E-state index in [-0.39, 0.29) is 0 Å². The van der Waals surface area contributed by atoms with Crippen LogP contribution in [0.1, 0.15) is 11.1 Å². The van der Waals surface area contributed by atoms with Crippen LogP contribution in [0.3, 0.4) is 0 Å². The van der Waals surface area contributed by atoms with Crippen LogP contribution in [0.25, 0.3) is 0 Å². The fourth-order valence-corrected chi connectivity index (χ4v) is 2.00. The summed E-state index contributed by atoms with van der Waals surface area (Å²) < 4.78 is 5.71. The SMILES string of the molecule is NCC#Cc1cccc(OCc2cc(Cl)ccc2Cl)c1. The first-order chi connectivity index (χ1) is 9.69. The number of ether oxygens (including phenoxy) is 1. The predicted molar refractivity (Wildman–Crippen MR) is 83.2 cm³/mol. The van der Waals surface area contributed by atoms with E-state index in [1.165, 1.54) is 0 Å². The molecule has 4 heteroatoms. The molecule has 0 fully saturated rings. The first-order valence-corrected chi connectivity index (χ1v) is 6.80. The molecule has 20 heavy (non-hydrogen) atoms. The molecule has 0 aliphatic carbocycles. The van der Waals surface area contributed by atoms with Crippen molar-refractivity contribution in [3.05, 3.63) is 63.6 Å². The van der Waals surface area contributed by atoms with E-state index in [4.69, 9.17) is 33.7 Å². The van der Waals surface area contributed by atoms with Crippen LogP contribution in [0, 0.1) is 11.8 Å². The lowest BCUT2D eigenvalue weighted by molar-refractivity contribution is 0.306. The second-order valence-corrected chi connectivity index (χ2v) is 4.90. The third-order valence-corrected chi connectivity index (χ3v) is 3.17. The maximum Gasteiger partial charge on any atom is 0.121 e. The van der Waals surface area contributed by atoms with Gasteiger partial charge in [0.2, 0.25) is 0 Å². The van der Waals surface area contributed by atoms with Crippen LogP contribution in [0.5, 0.6) is 5.75 Å². The number of hydrogen-bond acceptors (Lipinski definition) is 2. The van der Waals surface area contributed by atoms with Crippen LogP contribution >= 0.6 is 23.2 Å². The van der Waals surface area contributed by atoms with E-state index < -0.39 is 0 Å². The molecule has 0 aliphatic heterocycles.